The molecule has 0 unspecified atom stereocenters. The van der Waals surface area contributed by atoms with Crippen LogP contribution in [0.1, 0.15) is 54.2 Å². The molecule has 10 heteroatoms. The molecule has 10 nitrogen and oxygen atoms in total. The van der Waals surface area contributed by atoms with E-state index in [1.807, 2.05) is 6.07 Å². The van der Waals surface area contributed by atoms with Crippen molar-refractivity contribution in [1.82, 2.24) is 10.2 Å². The van der Waals surface area contributed by atoms with Gasteiger partial charge in [0.1, 0.15) is 13.2 Å². The molecular weight excluding hydrogens is 512 g/mol. The quantitative estimate of drug-likeness (QED) is 0.451. The van der Waals surface area contributed by atoms with Crippen LogP contribution in [0.3, 0.4) is 0 Å². The molecule has 0 aromatic heterocycles. The summed E-state index contributed by atoms with van der Waals surface area (Å²) < 4.78 is 14.6. The Kier molecular flexibility index (Phi) is 12.8. The van der Waals surface area contributed by atoms with Gasteiger partial charge in [-0.15, -0.1) is 0 Å². The minimum absolute atomic E-state index is 0.0211. The zero-order valence-electron chi connectivity index (χ0n) is 24.5. The number of aliphatic imine (C=N–C) groups is 2. The van der Waals surface area contributed by atoms with Crippen LogP contribution in [0.2, 0.25) is 0 Å². The second-order valence-electron chi connectivity index (χ2n) is 9.31. The molecule has 0 spiro atoms. The first-order chi connectivity index (χ1) is 19.0. The number of esters is 2. The van der Waals surface area contributed by atoms with E-state index in [2.05, 4.69) is 78.1 Å². The van der Waals surface area contributed by atoms with E-state index in [9.17, 15) is 14.4 Å². The molecule has 2 aromatic rings. The summed E-state index contributed by atoms with van der Waals surface area (Å²) in [5, 5.41) is 3.19. The highest BCUT2D eigenvalue weighted by Gasteiger charge is 2.23. The van der Waals surface area contributed by atoms with E-state index in [1.54, 1.807) is 4.90 Å². The van der Waals surface area contributed by atoms with Gasteiger partial charge in [-0.2, -0.15) is 0 Å². The van der Waals surface area contributed by atoms with Crippen LogP contribution in [0.15, 0.2) is 46.4 Å². The fourth-order valence-electron chi connectivity index (χ4n) is 3.78. The van der Waals surface area contributed by atoms with Crippen LogP contribution in [0.4, 0.5) is 0 Å². The van der Waals surface area contributed by atoms with Crippen LogP contribution in [0, 0.1) is 27.7 Å². The summed E-state index contributed by atoms with van der Waals surface area (Å²) in [5.41, 5.74) is 7.62. The predicted molar refractivity (Wildman–Crippen MR) is 154 cm³/mol. The standard InChI is InChI=1S/C14H18N2O2.C12H16N2O.C4H6O3/c1-10-5-4-6-13(11(10)2)9-15-14-16(12(3)17)7-8-18-14;1-9-4-3-5-11(10(9)2)8-14-12-13-6-7-15-12;1-3(5)7-4(2)6/h4-6H,7-9H2,1-3H3;3-5H,6-8H2,1-2H3,(H,13,14);1-2H3. The number of carbonyl (C=O) groups is 3. The van der Waals surface area contributed by atoms with E-state index in [4.69, 9.17) is 9.47 Å². The molecule has 0 saturated carbocycles. The molecule has 0 radical (unpaired) electrons. The van der Waals surface area contributed by atoms with Crippen LogP contribution >= 0.6 is 0 Å². The van der Waals surface area contributed by atoms with Crippen molar-refractivity contribution in [1.29, 1.82) is 0 Å². The van der Waals surface area contributed by atoms with E-state index in [1.165, 1.54) is 54.2 Å². The van der Waals surface area contributed by atoms with Crippen LogP contribution in [-0.2, 0) is 41.7 Å². The molecule has 1 saturated heterocycles. The number of hydrogen-bond donors (Lipinski definition) is 1. The molecule has 2 aliphatic heterocycles. The topological polar surface area (TPSA) is 119 Å². The summed E-state index contributed by atoms with van der Waals surface area (Å²) >= 11 is 0. The highest BCUT2D eigenvalue weighted by molar-refractivity contribution is 5.94. The number of rotatable bonds is 4. The second-order valence-corrected chi connectivity index (χ2v) is 9.31. The average Bonchev–Trinajstić information content (AvgIpc) is 3.58. The van der Waals surface area contributed by atoms with E-state index < -0.39 is 11.9 Å². The molecule has 216 valence electrons. The lowest BCUT2D eigenvalue weighted by molar-refractivity contribution is -0.156. The Morgan fingerprint density at radius 3 is 2.02 bits per heavy atom. The molecule has 1 fully saturated rings. The molecule has 4 rings (SSSR count). The molecule has 0 bridgehead atoms. The first-order valence-electron chi connectivity index (χ1n) is 13.1. The van der Waals surface area contributed by atoms with Crippen LogP contribution < -0.4 is 5.32 Å². The van der Waals surface area contributed by atoms with E-state index in [-0.39, 0.29) is 5.91 Å². The normalized spacial score (nSPS) is 14.5. The molecular formula is C30H40N4O6. The largest absolute Gasteiger partial charge is 0.463 e. The first kappa shape index (κ1) is 32.0. The number of nitrogens with zero attached hydrogens (tertiary/aromatic N) is 3. The maximum atomic E-state index is 11.4. The second kappa shape index (κ2) is 16.0. The fourth-order valence-corrected chi connectivity index (χ4v) is 3.78. The van der Waals surface area contributed by atoms with Crippen molar-refractivity contribution in [2.75, 3.05) is 26.3 Å². The van der Waals surface area contributed by atoms with Gasteiger partial charge in [-0.25, -0.2) is 9.98 Å². The Morgan fingerprint density at radius 1 is 0.900 bits per heavy atom. The first-order valence-corrected chi connectivity index (χ1v) is 13.1. The minimum Gasteiger partial charge on any atom is -0.463 e. The SMILES string of the molecule is CC(=O)N1CCOC1=NCc1cccc(C)c1C.CC(=O)OC(C)=O.Cc1cccc(CNC2=NCCO2)c1C. The summed E-state index contributed by atoms with van der Waals surface area (Å²) in [5.74, 6) is -1.15. The Morgan fingerprint density at radius 2 is 1.50 bits per heavy atom. The highest BCUT2D eigenvalue weighted by Crippen LogP contribution is 2.15. The van der Waals surface area contributed by atoms with Gasteiger partial charge in [-0.05, 0) is 61.1 Å². The van der Waals surface area contributed by atoms with Gasteiger partial charge in [0.15, 0.2) is 0 Å². The van der Waals surface area contributed by atoms with Crippen LogP contribution in [0.25, 0.3) is 0 Å². The van der Waals surface area contributed by atoms with Crippen molar-refractivity contribution in [3.8, 4) is 0 Å². The monoisotopic (exact) mass is 552 g/mol. The summed E-state index contributed by atoms with van der Waals surface area (Å²) in [6.45, 7) is 16.3. The summed E-state index contributed by atoms with van der Waals surface area (Å²) in [6, 6.07) is 13.6. The van der Waals surface area contributed by atoms with Gasteiger partial charge in [0.25, 0.3) is 12.0 Å². The van der Waals surface area contributed by atoms with Crippen molar-refractivity contribution in [2.45, 2.75) is 61.6 Å². The molecule has 1 amide bonds. The van der Waals surface area contributed by atoms with Gasteiger partial charge >= 0.3 is 11.9 Å². The Balaban J connectivity index is 0.000000230. The van der Waals surface area contributed by atoms with Gasteiger partial charge in [-0.1, -0.05) is 36.4 Å². The number of amidine groups is 2. The van der Waals surface area contributed by atoms with Gasteiger partial charge in [0.2, 0.25) is 5.91 Å². The smallest absolute Gasteiger partial charge is 0.310 e. The average molecular weight is 553 g/mol. The molecule has 0 aliphatic carbocycles. The minimum atomic E-state index is -0.562. The number of amides is 1. The summed E-state index contributed by atoms with van der Waals surface area (Å²) in [4.78, 5) is 41.1. The Hall–Kier alpha value is -4.21. The van der Waals surface area contributed by atoms with Gasteiger partial charge in [0, 0.05) is 27.3 Å². The maximum Gasteiger partial charge on any atom is 0.310 e. The predicted octanol–water partition coefficient (Wildman–Crippen LogP) is 3.91. The lowest BCUT2D eigenvalue weighted by Crippen LogP contribution is -2.30. The molecule has 2 heterocycles. The van der Waals surface area contributed by atoms with E-state index in [0.717, 1.165) is 13.1 Å². The summed E-state index contributed by atoms with van der Waals surface area (Å²) in [6.07, 6.45) is 0. The molecule has 2 aliphatic rings. The zero-order chi connectivity index (χ0) is 29.7. The molecule has 1 N–H and O–H groups in total. The summed E-state index contributed by atoms with van der Waals surface area (Å²) in [7, 11) is 0. The lowest BCUT2D eigenvalue weighted by Gasteiger charge is -2.11. The number of ether oxygens (including phenoxy) is 3. The van der Waals surface area contributed by atoms with Crippen molar-refractivity contribution in [2.24, 2.45) is 9.98 Å². The van der Waals surface area contributed by atoms with E-state index in [0.29, 0.717) is 38.3 Å². The fraction of sp³-hybridized carbons (Fsp3) is 0.433. The van der Waals surface area contributed by atoms with E-state index >= 15 is 0 Å². The number of nitrogens with one attached hydrogen (secondary N) is 1. The van der Waals surface area contributed by atoms with Crippen molar-refractivity contribution in [3.63, 3.8) is 0 Å². The number of benzene rings is 2. The lowest BCUT2D eigenvalue weighted by atomic mass is 10.0. The Labute approximate surface area is 236 Å². The molecule has 40 heavy (non-hydrogen) atoms. The van der Waals surface area contributed by atoms with Crippen molar-refractivity contribution in [3.05, 3.63) is 69.8 Å². The third-order valence-electron chi connectivity index (χ3n) is 6.28. The van der Waals surface area contributed by atoms with Gasteiger partial charge < -0.3 is 19.5 Å². The van der Waals surface area contributed by atoms with Crippen LogP contribution in [0.5, 0.6) is 0 Å². The van der Waals surface area contributed by atoms with Crippen molar-refractivity contribution < 1.29 is 28.6 Å². The van der Waals surface area contributed by atoms with Gasteiger partial charge in [0.05, 0.1) is 19.6 Å². The third-order valence-corrected chi connectivity index (χ3v) is 6.28. The van der Waals surface area contributed by atoms with Crippen molar-refractivity contribution >= 4 is 29.9 Å². The molecule has 2 aromatic carbocycles. The zero-order valence-corrected chi connectivity index (χ0v) is 24.5. The highest BCUT2D eigenvalue weighted by atomic mass is 16.6. The third kappa shape index (κ3) is 10.5. The van der Waals surface area contributed by atoms with Gasteiger partial charge in [-0.3, -0.25) is 19.3 Å². The Bertz CT molecular complexity index is 1240. The number of hydrogen-bond acceptors (Lipinski definition) is 9. The maximum absolute atomic E-state index is 11.4. The molecule has 0 atom stereocenters. The number of carbonyl (C=O) groups excluding carboxylic acids is 3. The van der Waals surface area contributed by atoms with Crippen LogP contribution in [-0.4, -0.2) is 61.1 Å². The number of aryl methyl sites for hydroxylation is 2.